The summed E-state index contributed by atoms with van der Waals surface area (Å²) in [6.07, 6.45) is 2.18. The van der Waals surface area contributed by atoms with Crippen LogP contribution in [0.3, 0.4) is 0 Å². The van der Waals surface area contributed by atoms with Crippen LogP contribution < -0.4 is 4.74 Å². The van der Waals surface area contributed by atoms with Gasteiger partial charge < -0.3 is 9.64 Å². The van der Waals surface area contributed by atoms with E-state index in [0.29, 0.717) is 17.2 Å². The van der Waals surface area contributed by atoms with E-state index in [1.165, 1.54) is 4.90 Å². The lowest BCUT2D eigenvalue weighted by molar-refractivity contribution is -0.138. The standard InChI is InChI=1S/C25H28N2O3/c1-17-6-8-19(9-7-17)16-27-24(28)22(20-10-12-21(30-3)13-11-20)23(25(27)29)26-14-4-5-18(2)15-26/h6-13,18H,4-5,14-16H2,1-3H3. The molecule has 1 fully saturated rings. The molecule has 1 unspecified atom stereocenters. The Kier molecular flexibility index (Phi) is 5.62. The summed E-state index contributed by atoms with van der Waals surface area (Å²) in [5.41, 5.74) is 3.91. The minimum absolute atomic E-state index is 0.194. The number of piperidine rings is 1. The molecule has 0 aliphatic carbocycles. The van der Waals surface area contributed by atoms with Gasteiger partial charge in [-0.3, -0.25) is 14.5 Å². The Morgan fingerprint density at radius 1 is 1.00 bits per heavy atom. The highest BCUT2D eigenvalue weighted by molar-refractivity contribution is 6.35. The molecule has 5 heteroatoms. The number of likely N-dealkylation sites (tertiary alicyclic amines) is 1. The van der Waals surface area contributed by atoms with E-state index >= 15 is 0 Å². The monoisotopic (exact) mass is 404 g/mol. The van der Waals surface area contributed by atoms with Crippen molar-refractivity contribution in [3.63, 3.8) is 0 Å². The maximum absolute atomic E-state index is 13.5. The molecular weight excluding hydrogens is 376 g/mol. The molecular formula is C25H28N2O3. The topological polar surface area (TPSA) is 49.9 Å². The number of imide groups is 1. The van der Waals surface area contributed by atoms with E-state index in [-0.39, 0.29) is 18.4 Å². The molecule has 2 aromatic rings. The molecule has 0 radical (unpaired) electrons. The van der Waals surface area contributed by atoms with Crippen LogP contribution in [-0.4, -0.2) is 41.8 Å². The Morgan fingerprint density at radius 2 is 1.70 bits per heavy atom. The van der Waals surface area contributed by atoms with Crippen molar-refractivity contribution in [1.29, 1.82) is 0 Å². The van der Waals surface area contributed by atoms with Crippen molar-refractivity contribution in [2.75, 3.05) is 20.2 Å². The van der Waals surface area contributed by atoms with Gasteiger partial charge in [-0.1, -0.05) is 48.9 Å². The quantitative estimate of drug-likeness (QED) is 0.707. The number of rotatable bonds is 5. The number of hydrogen-bond acceptors (Lipinski definition) is 4. The lowest BCUT2D eigenvalue weighted by atomic mass is 9.98. The van der Waals surface area contributed by atoms with Crippen LogP contribution in [0.4, 0.5) is 0 Å². The smallest absolute Gasteiger partial charge is 0.278 e. The number of ether oxygens (including phenoxy) is 1. The van der Waals surface area contributed by atoms with Gasteiger partial charge in [-0.15, -0.1) is 0 Å². The van der Waals surface area contributed by atoms with Gasteiger partial charge in [-0.2, -0.15) is 0 Å². The molecule has 0 aromatic heterocycles. The molecule has 2 aliphatic heterocycles. The summed E-state index contributed by atoms with van der Waals surface area (Å²) in [7, 11) is 1.61. The van der Waals surface area contributed by atoms with Crippen LogP contribution >= 0.6 is 0 Å². The molecule has 0 bridgehead atoms. The zero-order chi connectivity index (χ0) is 21.3. The molecule has 156 valence electrons. The summed E-state index contributed by atoms with van der Waals surface area (Å²) >= 11 is 0. The highest BCUT2D eigenvalue weighted by atomic mass is 16.5. The van der Waals surface area contributed by atoms with Gasteiger partial charge >= 0.3 is 0 Å². The summed E-state index contributed by atoms with van der Waals surface area (Å²) in [6, 6.07) is 15.4. The minimum atomic E-state index is -0.223. The third kappa shape index (κ3) is 3.84. The number of aryl methyl sites for hydroxylation is 1. The zero-order valence-corrected chi connectivity index (χ0v) is 17.9. The van der Waals surface area contributed by atoms with E-state index < -0.39 is 0 Å². The molecule has 4 rings (SSSR count). The molecule has 1 atom stereocenters. The average Bonchev–Trinajstić information content (AvgIpc) is 3.00. The Balaban J connectivity index is 1.72. The third-order valence-electron chi connectivity index (χ3n) is 5.96. The van der Waals surface area contributed by atoms with Crippen molar-refractivity contribution in [3.05, 3.63) is 70.9 Å². The predicted octanol–water partition coefficient (Wildman–Crippen LogP) is 4.02. The van der Waals surface area contributed by atoms with Crippen LogP contribution in [-0.2, 0) is 16.1 Å². The maximum Gasteiger partial charge on any atom is 0.278 e. The molecule has 0 saturated carbocycles. The Bertz CT molecular complexity index is 976. The van der Waals surface area contributed by atoms with Crippen LogP contribution in [0.1, 0.15) is 36.5 Å². The van der Waals surface area contributed by atoms with Crippen LogP contribution in [0.15, 0.2) is 54.2 Å². The molecule has 2 amide bonds. The van der Waals surface area contributed by atoms with E-state index in [4.69, 9.17) is 4.74 Å². The molecule has 2 aliphatic rings. The Morgan fingerprint density at radius 3 is 2.33 bits per heavy atom. The molecule has 30 heavy (non-hydrogen) atoms. The zero-order valence-electron chi connectivity index (χ0n) is 17.9. The van der Waals surface area contributed by atoms with Gasteiger partial charge in [0, 0.05) is 13.1 Å². The summed E-state index contributed by atoms with van der Waals surface area (Å²) < 4.78 is 5.26. The van der Waals surface area contributed by atoms with Crippen molar-refractivity contribution in [2.24, 2.45) is 5.92 Å². The summed E-state index contributed by atoms with van der Waals surface area (Å²) in [5.74, 6) is 0.803. The first-order chi connectivity index (χ1) is 14.5. The van der Waals surface area contributed by atoms with E-state index in [0.717, 1.165) is 48.4 Å². The first-order valence-corrected chi connectivity index (χ1v) is 10.5. The van der Waals surface area contributed by atoms with Gasteiger partial charge in [0.05, 0.1) is 19.2 Å². The van der Waals surface area contributed by atoms with Gasteiger partial charge in [0.15, 0.2) is 0 Å². The number of methoxy groups -OCH3 is 1. The Hall–Kier alpha value is -3.08. The second-order valence-corrected chi connectivity index (χ2v) is 8.33. The Labute approximate surface area is 177 Å². The van der Waals surface area contributed by atoms with Gasteiger partial charge in [0.25, 0.3) is 11.8 Å². The van der Waals surface area contributed by atoms with Crippen molar-refractivity contribution in [2.45, 2.75) is 33.2 Å². The van der Waals surface area contributed by atoms with Crippen molar-refractivity contribution in [1.82, 2.24) is 9.80 Å². The first kappa shape index (κ1) is 20.2. The third-order valence-corrected chi connectivity index (χ3v) is 5.96. The highest BCUT2D eigenvalue weighted by Gasteiger charge is 2.42. The summed E-state index contributed by atoms with van der Waals surface area (Å²) in [5, 5.41) is 0. The molecule has 1 saturated heterocycles. The number of hydrogen-bond donors (Lipinski definition) is 0. The lowest BCUT2D eigenvalue weighted by Gasteiger charge is -2.33. The van der Waals surface area contributed by atoms with Crippen LogP contribution in [0.2, 0.25) is 0 Å². The number of nitrogens with zero attached hydrogens (tertiary/aromatic N) is 2. The van der Waals surface area contributed by atoms with E-state index in [1.54, 1.807) is 7.11 Å². The molecule has 0 N–H and O–H groups in total. The second-order valence-electron chi connectivity index (χ2n) is 8.33. The van der Waals surface area contributed by atoms with Crippen LogP contribution in [0.25, 0.3) is 5.57 Å². The van der Waals surface area contributed by atoms with Crippen molar-refractivity contribution in [3.8, 4) is 5.75 Å². The van der Waals surface area contributed by atoms with E-state index in [2.05, 4.69) is 11.8 Å². The number of carbonyl (C=O) groups excluding carboxylic acids is 2. The maximum atomic E-state index is 13.5. The normalized spacial score (nSPS) is 19.6. The fourth-order valence-corrected chi connectivity index (χ4v) is 4.29. The predicted molar refractivity (Wildman–Crippen MR) is 117 cm³/mol. The fourth-order valence-electron chi connectivity index (χ4n) is 4.29. The first-order valence-electron chi connectivity index (χ1n) is 10.5. The van der Waals surface area contributed by atoms with Crippen LogP contribution in [0.5, 0.6) is 5.75 Å². The highest BCUT2D eigenvalue weighted by Crippen LogP contribution is 2.35. The minimum Gasteiger partial charge on any atom is -0.497 e. The molecule has 0 spiro atoms. The van der Waals surface area contributed by atoms with Gasteiger partial charge in [0.2, 0.25) is 0 Å². The lowest BCUT2D eigenvalue weighted by Crippen LogP contribution is -2.39. The van der Waals surface area contributed by atoms with Gasteiger partial charge in [0.1, 0.15) is 11.4 Å². The summed E-state index contributed by atoms with van der Waals surface area (Å²) in [6.45, 7) is 6.10. The molecule has 5 nitrogen and oxygen atoms in total. The fraction of sp³-hybridized carbons (Fsp3) is 0.360. The van der Waals surface area contributed by atoms with E-state index in [9.17, 15) is 9.59 Å². The number of amides is 2. The number of carbonyl (C=O) groups is 2. The van der Waals surface area contributed by atoms with Crippen LogP contribution in [0, 0.1) is 12.8 Å². The average molecular weight is 405 g/mol. The van der Waals surface area contributed by atoms with Gasteiger partial charge in [-0.05, 0) is 48.9 Å². The van der Waals surface area contributed by atoms with E-state index in [1.807, 2.05) is 55.5 Å². The van der Waals surface area contributed by atoms with Crippen molar-refractivity contribution < 1.29 is 14.3 Å². The van der Waals surface area contributed by atoms with Gasteiger partial charge in [-0.25, -0.2) is 0 Å². The SMILES string of the molecule is COc1ccc(C2=C(N3CCCC(C)C3)C(=O)N(Cc3ccc(C)cc3)C2=O)cc1. The number of benzene rings is 2. The second kappa shape index (κ2) is 8.34. The molecule has 2 aromatic carbocycles. The van der Waals surface area contributed by atoms with Crippen molar-refractivity contribution >= 4 is 17.4 Å². The molecule has 2 heterocycles. The summed E-state index contributed by atoms with van der Waals surface area (Å²) in [4.78, 5) is 30.4. The largest absolute Gasteiger partial charge is 0.497 e.